The molecule has 300 valence electrons. The van der Waals surface area contributed by atoms with E-state index < -0.39 is 60.6 Å². The number of Topliss-reactive ketones (excluding diaryl/α,β-unsaturated/α-hetero) is 2. The molecule has 7 rings (SSSR count). The number of amides is 2. The molecule has 0 aromatic heterocycles. The standard InChI is InChI=1S/C44H54N2O10/c1-43(2,3)55-41(51)45-33-11-7-9-27(33)21-35(45)39(49)53-23-37(47)29-15-13-25-18-32-20-30(16-14-26(32)17-31(25)19-29)38(48)24-54-40(50)36-22-28-10-8-12-34(28)46(36)42(52)56-44(4,5)6/h13-16,19-20,27-28,33-36H,7-12,17-18,21-24H2,1-6H3/t27-,28+,33-,34+,35-,36-/m0/s1. The first-order valence-electron chi connectivity index (χ1n) is 20.1. The summed E-state index contributed by atoms with van der Waals surface area (Å²) in [6, 6.07) is 9.20. The number of hydrogen-bond acceptors (Lipinski definition) is 10. The van der Waals surface area contributed by atoms with Crippen LogP contribution in [0.3, 0.4) is 0 Å². The van der Waals surface area contributed by atoms with E-state index in [1.807, 2.05) is 24.3 Å². The summed E-state index contributed by atoms with van der Waals surface area (Å²) in [7, 11) is 0. The Kier molecular flexibility index (Phi) is 10.8. The van der Waals surface area contributed by atoms with Gasteiger partial charge in [0, 0.05) is 23.2 Å². The molecule has 2 aliphatic heterocycles. The molecule has 56 heavy (non-hydrogen) atoms. The highest BCUT2D eigenvalue weighted by molar-refractivity contribution is 5.99. The van der Waals surface area contributed by atoms with E-state index in [0.29, 0.717) is 36.8 Å². The van der Waals surface area contributed by atoms with Crippen molar-refractivity contribution in [1.82, 2.24) is 9.80 Å². The van der Waals surface area contributed by atoms with Crippen molar-refractivity contribution in [1.29, 1.82) is 0 Å². The molecule has 0 unspecified atom stereocenters. The van der Waals surface area contributed by atoms with Crippen molar-refractivity contribution in [2.24, 2.45) is 11.8 Å². The van der Waals surface area contributed by atoms with Gasteiger partial charge in [-0.25, -0.2) is 19.2 Å². The minimum Gasteiger partial charge on any atom is -0.456 e. The van der Waals surface area contributed by atoms with Crippen molar-refractivity contribution in [2.75, 3.05) is 13.2 Å². The lowest BCUT2D eigenvalue weighted by atomic mass is 9.84. The van der Waals surface area contributed by atoms with Crippen LogP contribution in [0.2, 0.25) is 0 Å². The largest absolute Gasteiger partial charge is 0.456 e. The second-order valence-electron chi connectivity index (χ2n) is 18.2. The SMILES string of the molecule is CC(C)(C)OC(=O)N1[C@@H]2CCC[C@@H]2C[C@H]1C(=O)OCC(=O)c1ccc2c(c1)Cc1ccc(C(=O)COC(=O)[C@@H]3C[C@@H]4CCC[C@@H]4N3C(=O)OC(C)(C)C)cc1C2. The first-order chi connectivity index (χ1) is 26.5. The number of hydrogen-bond donors (Lipinski definition) is 0. The summed E-state index contributed by atoms with van der Waals surface area (Å²) in [4.78, 5) is 82.5. The van der Waals surface area contributed by atoms with Gasteiger partial charge >= 0.3 is 24.1 Å². The monoisotopic (exact) mass is 770 g/mol. The van der Waals surface area contributed by atoms with E-state index in [4.69, 9.17) is 18.9 Å². The van der Waals surface area contributed by atoms with Crippen LogP contribution in [0.25, 0.3) is 0 Å². The molecule has 2 aromatic rings. The molecule has 4 fully saturated rings. The molecular formula is C44H54N2O10. The maximum atomic E-state index is 13.3. The van der Waals surface area contributed by atoms with E-state index in [1.54, 1.807) is 63.5 Å². The molecule has 2 heterocycles. The third-order valence-corrected chi connectivity index (χ3v) is 11.9. The van der Waals surface area contributed by atoms with Crippen LogP contribution < -0.4 is 0 Å². The zero-order chi connectivity index (χ0) is 40.1. The maximum absolute atomic E-state index is 13.3. The van der Waals surface area contributed by atoms with Gasteiger partial charge in [0.1, 0.15) is 23.3 Å². The second kappa shape index (κ2) is 15.3. The number of carbonyl (C=O) groups excluding carboxylic acids is 6. The zero-order valence-electron chi connectivity index (χ0n) is 33.4. The molecule has 12 nitrogen and oxygen atoms in total. The Morgan fingerprint density at radius 3 is 1.34 bits per heavy atom. The van der Waals surface area contributed by atoms with Crippen molar-refractivity contribution in [2.45, 2.75) is 141 Å². The van der Waals surface area contributed by atoms with Crippen molar-refractivity contribution in [3.05, 3.63) is 69.8 Å². The summed E-state index contributed by atoms with van der Waals surface area (Å²) in [5, 5.41) is 0. The van der Waals surface area contributed by atoms with Gasteiger partial charge in [-0.15, -0.1) is 0 Å². The van der Waals surface area contributed by atoms with Gasteiger partial charge in [0.25, 0.3) is 0 Å². The lowest BCUT2D eigenvalue weighted by molar-refractivity contribution is -0.148. The molecule has 0 N–H and O–H groups in total. The van der Waals surface area contributed by atoms with Crippen LogP contribution in [0.15, 0.2) is 36.4 Å². The van der Waals surface area contributed by atoms with Gasteiger partial charge < -0.3 is 18.9 Å². The molecule has 2 saturated heterocycles. The van der Waals surface area contributed by atoms with Crippen LogP contribution in [0.5, 0.6) is 0 Å². The van der Waals surface area contributed by atoms with Gasteiger partial charge in [-0.1, -0.05) is 37.1 Å². The van der Waals surface area contributed by atoms with E-state index >= 15 is 0 Å². The van der Waals surface area contributed by atoms with Gasteiger partial charge in [0.2, 0.25) is 0 Å². The predicted molar refractivity (Wildman–Crippen MR) is 204 cm³/mol. The molecule has 2 saturated carbocycles. The number of benzene rings is 2. The third kappa shape index (κ3) is 8.34. The fourth-order valence-electron chi connectivity index (χ4n) is 9.47. The summed E-state index contributed by atoms with van der Waals surface area (Å²) in [6.07, 6.45) is 6.56. The number of fused-ring (bicyclic) bond motifs is 4. The number of rotatable bonds is 8. The Labute approximate surface area is 328 Å². The molecular weight excluding hydrogens is 716 g/mol. The zero-order valence-corrected chi connectivity index (χ0v) is 33.4. The summed E-state index contributed by atoms with van der Waals surface area (Å²) >= 11 is 0. The van der Waals surface area contributed by atoms with Crippen LogP contribution in [-0.2, 0) is 41.4 Å². The number of ether oxygens (including phenoxy) is 4. The number of ketones is 2. The fraction of sp³-hybridized carbons (Fsp3) is 0.591. The maximum Gasteiger partial charge on any atom is 0.411 e. The van der Waals surface area contributed by atoms with E-state index in [1.165, 1.54) is 0 Å². The Bertz CT molecular complexity index is 1790. The molecule has 0 spiro atoms. The molecule has 0 bridgehead atoms. The minimum atomic E-state index is -0.779. The van der Waals surface area contributed by atoms with Gasteiger partial charge in [-0.3, -0.25) is 19.4 Å². The summed E-state index contributed by atoms with van der Waals surface area (Å²) in [5.74, 6) is -1.42. The molecule has 2 aromatic carbocycles. The van der Waals surface area contributed by atoms with Crippen molar-refractivity contribution >= 4 is 35.7 Å². The summed E-state index contributed by atoms with van der Waals surface area (Å²) in [6.45, 7) is 9.89. The van der Waals surface area contributed by atoms with Gasteiger partial charge in [-0.05, 0) is 139 Å². The molecule has 5 aliphatic rings. The smallest absolute Gasteiger partial charge is 0.411 e. The van der Waals surface area contributed by atoms with E-state index in [9.17, 15) is 28.8 Å². The number of esters is 2. The third-order valence-electron chi connectivity index (χ3n) is 11.9. The van der Waals surface area contributed by atoms with Crippen LogP contribution >= 0.6 is 0 Å². The molecule has 6 atom stereocenters. The average Bonchev–Trinajstić information content (AvgIpc) is 3.91. The van der Waals surface area contributed by atoms with E-state index in [-0.39, 0.29) is 35.5 Å². The average molecular weight is 771 g/mol. The van der Waals surface area contributed by atoms with E-state index in [0.717, 1.165) is 60.8 Å². The number of likely N-dealkylation sites (tertiary alicyclic amines) is 2. The molecule has 3 aliphatic carbocycles. The number of nitrogens with zero attached hydrogens (tertiary/aromatic N) is 2. The first-order valence-corrected chi connectivity index (χ1v) is 20.1. The highest BCUT2D eigenvalue weighted by atomic mass is 16.6. The van der Waals surface area contributed by atoms with Crippen molar-refractivity contribution in [3.63, 3.8) is 0 Å². The van der Waals surface area contributed by atoms with Gasteiger partial charge in [-0.2, -0.15) is 0 Å². The Morgan fingerprint density at radius 1 is 0.571 bits per heavy atom. The fourth-order valence-corrected chi connectivity index (χ4v) is 9.47. The molecule has 0 radical (unpaired) electrons. The van der Waals surface area contributed by atoms with Crippen molar-refractivity contribution in [3.8, 4) is 0 Å². The quantitative estimate of drug-likeness (QED) is 0.134. The summed E-state index contributed by atoms with van der Waals surface area (Å²) in [5.41, 5.74) is 3.42. The second-order valence-corrected chi connectivity index (χ2v) is 18.2. The highest BCUT2D eigenvalue weighted by Crippen LogP contribution is 2.43. The van der Waals surface area contributed by atoms with Crippen LogP contribution in [0, 0.1) is 11.8 Å². The predicted octanol–water partition coefficient (Wildman–Crippen LogP) is 6.99. The van der Waals surface area contributed by atoms with Gasteiger partial charge in [0.15, 0.2) is 24.8 Å². The normalized spacial score (nSPS) is 25.1. The topological polar surface area (TPSA) is 146 Å². The van der Waals surface area contributed by atoms with E-state index in [2.05, 4.69) is 0 Å². The summed E-state index contributed by atoms with van der Waals surface area (Å²) < 4.78 is 22.4. The lowest BCUT2D eigenvalue weighted by Gasteiger charge is -2.31. The Hall–Kier alpha value is -4.74. The van der Waals surface area contributed by atoms with Gasteiger partial charge in [0.05, 0.1) is 0 Å². The molecule has 2 amide bonds. The lowest BCUT2D eigenvalue weighted by Crippen LogP contribution is -2.48. The minimum absolute atomic E-state index is 0.0616. The van der Waals surface area contributed by atoms with Crippen LogP contribution in [0.4, 0.5) is 9.59 Å². The highest BCUT2D eigenvalue weighted by Gasteiger charge is 2.52. The van der Waals surface area contributed by atoms with Crippen LogP contribution in [0.1, 0.15) is 136 Å². The Morgan fingerprint density at radius 2 is 0.964 bits per heavy atom. The first kappa shape index (κ1) is 39.5. The van der Waals surface area contributed by atoms with Crippen molar-refractivity contribution < 1.29 is 47.7 Å². The number of carbonyl (C=O) groups is 6. The molecule has 12 heteroatoms. The van der Waals surface area contributed by atoms with Crippen LogP contribution in [-0.4, -0.2) is 94.1 Å². The Balaban J connectivity index is 0.938.